The summed E-state index contributed by atoms with van der Waals surface area (Å²) in [6, 6.07) is 5.72. The van der Waals surface area contributed by atoms with E-state index in [1.807, 2.05) is 37.4 Å². The highest BCUT2D eigenvalue weighted by atomic mass is 32.1. The van der Waals surface area contributed by atoms with Gasteiger partial charge in [-0.15, -0.1) is 11.3 Å². The molecule has 1 aromatic carbocycles. The molecule has 1 fully saturated rings. The molecule has 0 radical (unpaired) electrons. The molecule has 122 valence electrons. The fourth-order valence-electron chi connectivity index (χ4n) is 2.48. The summed E-state index contributed by atoms with van der Waals surface area (Å²) in [5.74, 6) is -0.111. The van der Waals surface area contributed by atoms with Crippen LogP contribution in [0.15, 0.2) is 23.6 Å². The van der Waals surface area contributed by atoms with E-state index >= 15 is 0 Å². The number of hydrogen-bond acceptors (Lipinski definition) is 5. The fourth-order valence-corrected chi connectivity index (χ4v) is 3.17. The van der Waals surface area contributed by atoms with Gasteiger partial charge in [-0.1, -0.05) is 6.07 Å². The molecule has 3 rings (SSSR count). The number of ether oxygens (including phenoxy) is 1. The van der Waals surface area contributed by atoms with Gasteiger partial charge in [-0.05, 0) is 37.1 Å². The zero-order chi connectivity index (χ0) is 16.2. The molecule has 1 saturated heterocycles. The minimum absolute atomic E-state index is 0.111. The minimum atomic E-state index is -0.111. The van der Waals surface area contributed by atoms with Crippen LogP contribution in [0, 0.1) is 13.8 Å². The second-order valence-corrected chi connectivity index (χ2v) is 6.64. The average Bonchev–Trinajstić information content (AvgIpc) is 2.98. The molecule has 2 aromatic rings. The van der Waals surface area contributed by atoms with Crippen LogP contribution in [0.1, 0.15) is 27.2 Å². The second-order valence-electron chi connectivity index (χ2n) is 5.79. The average molecular weight is 331 g/mol. The first-order valence-electron chi connectivity index (χ1n) is 7.75. The third-order valence-electron chi connectivity index (χ3n) is 4.03. The van der Waals surface area contributed by atoms with Gasteiger partial charge in [0.15, 0.2) is 5.13 Å². The summed E-state index contributed by atoms with van der Waals surface area (Å²) in [5, 5.41) is 5.54. The Labute approximate surface area is 140 Å². The second kappa shape index (κ2) is 7.21. The summed E-state index contributed by atoms with van der Waals surface area (Å²) in [6.45, 7) is 8.27. The Morgan fingerprint density at radius 3 is 2.83 bits per heavy atom. The molecule has 1 amide bonds. The zero-order valence-electron chi connectivity index (χ0n) is 13.5. The molecule has 0 atom stereocenters. The maximum absolute atomic E-state index is 12.3. The van der Waals surface area contributed by atoms with Gasteiger partial charge < -0.3 is 4.74 Å². The van der Waals surface area contributed by atoms with Crippen LogP contribution < -0.4 is 5.32 Å². The quantitative estimate of drug-likeness (QED) is 0.936. The highest BCUT2D eigenvalue weighted by molar-refractivity contribution is 7.13. The van der Waals surface area contributed by atoms with Crippen LogP contribution in [-0.2, 0) is 11.3 Å². The van der Waals surface area contributed by atoms with Crippen LogP contribution in [-0.4, -0.2) is 42.1 Å². The molecule has 1 aliphatic rings. The number of morpholine rings is 1. The number of aryl methyl sites for hydroxylation is 2. The molecular formula is C17H21N3O2S. The molecule has 5 nitrogen and oxygen atoms in total. The molecular weight excluding hydrogens is 310 g/mol. The Balaban J connectivity index is 1.61. The van der Waals surface area contributed by atoms with E-state index in [1.54, 1.807) is 0 Å². The van der Waals surface area contributed by atoms with Crippen molar-refractivity contribution in [3.05, 3.63) is 46.0 Å². The van der Waals surface area contributed by atoms with E-state index in [2.05, 4.69) is 15.2 Å². The summed E-state index contributed by atoms with van der Waals surface area (Å²) in [7, 11) is 0. The summed E-state index contributed by atoms with van der Waals surface area (Å²) >= 11 is 1.47. The largest absolute Gasteiger partial charge is 0.379 e. The molecule has 2 heterocycles. The van der Waals surface area contributed by atoms with Crippen molar-refractivity contribution < 1.29 is 9.53 Å². The molecule has 23 heavy (non-hydrogen) atoms. The van der Waals surface area contributed by atoms with Crippen molar-refractivity contribution in [1.82, 2.24) is 9.88 Å². The van der Waals surface area contributed by atoms with Crippen molar-refractivity contribution in [3.63, 3.8) is 0 Å². The van der Waals surface area contributed by atoms with Crippen LogP contribution >= 0.6 is 11.3 Å². The van der Waals surface area contributed by atoms with Crippen LogP contribution in [0.3, 0.4) is 0 Å². The summed E-state index contributed by atoms with van der Waals surface area (Å²) in [5.41, 5.74) is 3.96. The molecule has 1 aromatic heterocycles. The normalized spacial score (nSPS) is 15.6. The van der Waals surface area contributed by atoms with Gasteiger partial charge in [0.25, 0.3) is 5.91 Å². The van der Waals surface area contributed by atoms with Crippen molar-refractivity contribution in [2.24, 2.45) is 0 Å². The first-order valence-corrected chi connectivity index (χ1v) is 8.63. The number of rotatable bonds is 4. The molecule has 0 saturated carbocycles. The van der Waals surface area contributed by atoms with E-state index in [-0.39, 0.29) is 5.91 Å². The third-order valence-corrected chi connectivity index (χ3v) is 4.84. The monoisotopic (exact) mass is 331 g/mol. The van der Waals surface area contributed by atoms with Gasteiger partial charge >= 0.3 is 0 Å². The van der Waals surface area contributed by atoms with Gasteiger partial charge in [0, 0.05) is 30.6 Å². The molecule has 0 unspecified atom stereocenters. The highest BCUT2D eigenvalue weighted by Crippen LogP contribution is 2.19. The Kier molecular flexibility index (Phi) is 5.05. The van der Waals surface area contributed by atoms with E-state index in [0.29, 0.717) is 10.7 Å². The predicted octanol–water partition coefficient (Wildman–Crippen LogP) is 2.84. The number of thiazole rings is 1. The van der Waals surface area contributed by atoms with Gasteiger partial charge in [-0.2, -0.15) is 0 Å². The third kappa shape index (κ3) is 4.16. The van der Waals surface area contributed by atoms with Crippen LogP contribution in [0.2, 0.25) is 0 Å². The number of benzene rings is 1. The van der Waals surface area contributed by atoms with E-state index in [1.165, 1.54) is 16.9 Å². The van der Waals surface area contributed by atoms with Crippen molar-refractivity contribution in [3.8, 4) is 0 Å². The van der Waals surface area contributed by atoms with E-state index in [0.717, 1.165) is 44.1 Å². The standard InChI is InChI=1S/C17H21N3O2S/c1-12-3-4-14(9-13(12)2)16(21)19-17-18-15(11-23-17)10-20-5-7-22-8-6-20/h3-4,9,11H,5-8,10H2,1-2H3,(H,18,19,21). The molecule has 1 N–H and O–H groups in total. The maximum atomic E-state index is 12.3. The number of carbonyl (C=O) groups is 1. The van der Waals surface area contributed by atoms with Crippen LogP contribution in [0.25, 0.3) is 0 Å². The smallest absolute Gasteiger partial charge is 0.257 e. The lowest BCUT2D eigenvalue weighted by Gasteiger charge is -2.25. The topological polar surface area (TPSA) is 54.5 Å². The Morgan fingerprint density at radius 2 is 2.09 bits per heavy atom. The number of anilines is 1. The maximum Gasteiger partial charge on any atom is 0.257 e. The van der Waals surface area contributed by atoms with Crippen molar-refractivity contribution in [2.45, 2.75) is 20.4 Å². The highest BCUT2D eigenvalue weighted by Gasteiger charge is 2.14. The lowest BCUT2D eigenvalue weighted by molar-refractivity contribution is 0.0337. The number of hydrogen-bond donors (Lipinski definition) is 1. The molecule has 0 spiro atoms. The summed E-state index contributed by atoms with van der Waals surface area (Å²) < 4.78 is 5.35. The molecule has 1 aliphatic heterocycles. The number of nitrogens with one attached hydrogen (secondary N) is 1. The molecule has 0 bridgehead atoms. The lowest BCUT2D eigenvalue weighted by atomic mass is 10.1. The van der Waals surface area contributed by atoms with Crippen LogP contribution in [0.5, 0.6) is 0 Å². The van der Waals surface area contributed by atoms with Gasteiger partial charge in [0.1, 0.15) is 0 Å². The van der Waals surface area contributed by atoms with Gasteiger partial charge in [0.2, 0.25) is 0 Å². The van der Waals surface area contributed by atoms with Gasteiger partial charge in [-0.3, -0.25) is 15.0 Å². The molecule has 0 aliphatic carbocycles. The SMILES string of the molecule is Cc1ccc(C(=O)Nc2nc(CN3CCOCC3)cs2)cc1C. The zero-order valence-corrected chi connectivity index (χ0v) is 14.3. The first-order chi connectivity index (χ1) is 11.1. The number of carbonyl (C=O) groups excluding carboxylic acids is 1. The van der Waals surface area contributed by atoms with E-state index in [4.69, 9.17) is 4.74 Å². The Bertz CT molecular complexity index is 693. The fraction of sp³-hybridized carbons (Fsp3) is 0.412. The van der Waals surface area contributed by atoms with Gasteiger partial charge in [-0.25, -0.2) is 4.98 Å². The van der Waals surface area contributed by atoms with Crippen molar-refractivity contribution in [2.75, 3.05) is 31.6 Å². The van der Waals surface area contributed by atoms with Crippen molar-refractivity contribution in [1.29, 1.82) is 0 Å². The van der Waals surface area contributed by atoms with E-state index < -0.39 is 0 Å². The minimum Gasteiger partial charge on any atom is -0.379 e. The van der Waals surface area contributed by atoms with Gasteiger partial charge in [0.05, 0.1) is 18.9 Å². The number of nitrogens with zero attached hydrogens (tertiary/aromatic N) is 2. The number of aromatic nitrogens is 1. The Morgan fingerprint density at radius 1 is 1.30 bits per heavy atom. The molecule has 6 heteroatoms. The summed E-state index contributed by atoms with van der Waals surface area (Å²) in [6.07, 6.45) is 0. The predicted molar refractivity (Wildman–Crippen MR) is 92.1 cm³/mol. The van der Waals surface area contributed by atoms with E-state index in [9.17, 15) is 4.79 Å². The number of amides is 1. The summed E-state index contributed by atoms with van der Waals surface area (Å²) in [4.78, 5) is 19.1. The van der Waals surface area contributed by atoms with Crippen LogP contribution in [0.4, 0.5) is 5.13 Å². The first kappa shape index (κ1) is 16.1. The lowest BCUT2D eigenvalue weighted by Crippen LogP contribution is -2.35. The Hall–Kier alpha value is -1.76. The van der Waals surface area contributed by atoms with Crippen molar-refractivity contribution >= 4 is 22.4 Å².